The largest absolute Gasteiger partial charge is 0.497 e. The molecule has 4 aromatic rings. The molecule has 1 atom stereocenters. The van der Waals surface area contributed by atoms with Crippen LogP contribution in [0.25, 0.3) is 16.2 Å². The Morgan fingerprint density at radius 2 is 1.91 bits per heavy atom. The number of fused-ring (bicyclic) bond motifs is 1. The van der Waals surface area contributed by atoms with Gasteiger partial charge in [0.25, 0.3) is 0 Å². The van der Waals surface area contributed by atoms with E-state index < -0.39 is 0 Å². The number of benzene rings is 2. The van der Waals surface area contributed by atoms with Gasteiger partial charge in [-0.3, -0.25) is 4.79 Å². The van der Waals surface area contributed by atoms with Crippen LogP contribution in [0.4, 0.5) is 5.13 Å². The van der Waals surface area contributed by atoms with Gasteiger partial charge < -0.3 is 15.0 Å². The highest BCUT2D eigenvalue weighted by atomic mass is 32.1. The summed E-state index contributed by atoms with van der Waals surface area (Å²) in [7, 11) is 1.66. The van der Waals surface area contributed by atoms with Crippen LogP contribution in [-0.4, -0.2) is 40.7 Å². The van der Waals surface area contributed by atoms with Gasteiger partial charge in [0.15, 0.2) is 0 Å². The summed E-state index contributed by atoms with van der Waals surface area (Å²) in [6, 6.07) is 16.3. The van der Waals surface area contributed by atoms with Crippen molar-refractivity contribution in [2.75, 3.05) is 25.1 Å². The molecule has 34 heavy (non-hydrogen) atoms. The average molecular weight is 476 g/mol. The van der Waals surface area contributed by atoms with E-state index in [1.165, 1.54) is 5.56 Å². The minimum atomic E-state index is -0.0326. The number of imidazole rings is 1. The van der Waals surface area contributed by atoms with Gasteiger partial charge in [-0.2, -0.15) is 0 Å². The molecular formula is C26H29N5O2S. The predicted octanol–water partition coefficient (Wildman–Crippen LogP) is 4.56. The molecule has 7 nitrogen and oxygen atoms in total. The molecule has 176 valence electrons. The number of hydrogen-bond donors (Lipinski definition) is 1. The van der Waals surface area contributed by atoms with Crippen molar-refractivity contribution in [3.63, 3.8) is 0 Å². The van der Waals surface area contributed by atoms with E-state index in [4.69, 9.17) is 14.8 Å². The SMILES string of the molecule is CCc1ccc(CNC(=O)[C@H]2CCCN(c3nn4cc(-c5ccc(OC)cc5)nc4s3)C2)cc1. The second-order valence-electron chi connectivity index (χ2n) is 8.64. The molecule has 2 aromatic heterocycles. The molecule has 0 saturated carbocycles. The third-order valence-corrected chi connectivity index (χ3v) is 7.36. The second-order valence-corrected chi connectivity index (χ2v) is 9.57. The summed E-state index contributed by atoms with van der Waals surface area (Å²) in [5.41, 5.74) is 4.35. The van der Waals surface area contributed by atoms with Crippen LogP contribution in [-0.2, 0) is 17.8 Å². The van der Waals surface area contributed by atoms with Crippen molar-refractivity contribution in [2.45, 2.75) is 32.7 Å². The Hall–Kier alpha value is -3.39. The standard InChI is InChI=1S/C26H29N5O2S/c1-3-18-6-8-19(9-7-18)15-27-24(32)21-5-4-14-30(16-21)26-29-31-17-23(28-25(31)34-26)20-10-12-22(33-2)13-11-20/h6-13,17,21H,3-5,14-16H2,1-2H3,(H,27,32)/t21-/m0/s1. The molecule has 0 radical (unpaired) electrons. The topological polar surface area (TPSA) is 71.8 Å². The Balaban J connectivity index is 1.22. The fourth-order valence-corrected chi connectivity index (χ4v) is 5.23. The molecule has 1 amide bonds. The van der Waals surface area contributed by atoms with E-state index in [1.54, 1.807) is 18.4 Å². The van der Waals surface area contributed by atoms with Crippen molar-refractivity contribution in [2.24, 2.45) is 5.92 Å². The maximum absolute atomic E-state index is 12.9. The number of hydrogen-bond acceptors (Lipinski definition) is 6. The Bertz CT molecular complexity index is 1230. The Labute approximate surface area is 203 Å². The molecule has 3 heterocycles. The zero-order valence-corrected chi connectivity index (χ0v) is 20.3. The molecule has 0 unspecified atom stereocenters. The van der Waals surface area contributed by atoms with Crippen LogP contribution < -0.4 is 15.0 Å². The smallest absolute Gasteiger partial charge is 0.225 e. The number of carbonyl (C=O) groups excluding carboxylic acids is 1. The zero-order chi connectivity index (χ0) is 23.5. The van der Waals surface area contributed by atoms with Gasteiger partial charge in [0, 0.05) is 25.2 Å². The van der Waals surface area contributed by atoms with Gasteiger partial charge in [0.05, 0.1) is 24.9 Å². The summed E-state index contributed by atoms with van der Waals surface area (Å²) in [4.78, 5) is 20.7. The molecule has 1 saturated heterocycles. The summed E-state index contributed by atoms with van der Waals surface area (Å²) in [5.74, 6) is 0.908. The Kier molecular flexibility index (Phi) is 6.49. The number of carbonyl (C=O) groups is 1. The molecular weight excluding hydrogens is 446 g/mol. The predicted molar refractivity (Wildman–Crippen MR) is 135 cm³/mol. The third-order valence-electron chi connectivity index (χ3n) is 6.38. The molecule has 8 heteroatoms. The fraction of sp³-hybridized carbons (Fsp3) is 0.346. The molecule has 0 spiro atoms. The summed E-state index contributed by atoms with van der Waals surface area (Å²) in [6.07, 6.45) is 4.85. The lowest BCUT2D eigenvalue weighted by Crippen LogP contribution is -2.43. The zero-order valence-electron chi connectivity index (χ0n) is 19.5. The van der Waals surface area contributed by atoms with Crippen LogP contribution in [0, 0.1) is 5.92 Å². The summed E-state index contributed by atoms with van der Waals surface area (Å²) in [5, 5.41) is 8.80. The molecule has 1 aliphatic rings. The van der Waals surface area contributed by atoms with Crippen molar-refractivity contribution in [1.29, 1.82) is 0 Å². The third kappa shape index (κ3) is 4.77. The van der Waals surface area contributed by atoms with Crippen LogP contribution >= 0.6 is 11.3 Å². The van der Waals surface area contributed by atoms with Crippen molar-refractivity contribution in [3.05, 3.63) is 65.9 Å². The molecule has 0 aliphatic carbocycles. The number of anilines is 1. The number of methoxy groups -OCH3 is 1. The highest BCUT2D eigenvalue weighted by Crippen LogP contribution is 2.30. The van der Waals surface area contributed by atoms with Crippen LogP contribution in [0.15, 0.2) is 54.7 Å². The molecule has 1 aliphatic heterocycles. The minimum absolute atomic E-state index is 0.0326. The van der Waals surface area contributed by atoms with E-state index in [9.17, 15) is 4.79 Å². The number of ether oxygens (including phenoxy) is 1. The maximum atomic E-state index is 12.9. The molecule has 0 bridgehead atoms. The van der Waals surface area contributed by atoms with Gasteiger partial charge in [-0.15, -0.1) is 5.10 Å². The van der Waals surface area contributed by atoms with Gasteiger partial charge >= 0.3 is 0 Å². The second kappa shape index (κ2) is 9.85. The van der Waals surface area contributed by atoms with Crippen molar-refractivity contribution in [1.82, 2.24) is 19.9 Å². The molecule has 1 fully saturated rings. The van der Waals surface area contributed by atoms with Gasteiger partial charge in [-0.05, 0) is 54.7 Å². The number of piperidine rings is 1. The Morgan fingerprint density at radius 1 is 1.15 bits per heavy atom. The van der Waals surface area contributed by atoms with E-state index in [0.29, 0.717) is 13.1 Å². The van der Waals surface area contributed by atoms with Crippen LogP contribution in [0.1, 0.15) is 30.9 Å². The Morgan fingerprint density at radius 3 is 2.62 bits per heavy atom. The monoisotopic (exact) mass is 475 g/mol. The highest BCUT2D eigenvalue weighted by Gasteiger charge is 2.27. The van der Waals surface area contributed by atoms with Crippen LogP contribution in [0.3, 0.4) is 0 Å². The number of aromatic nitrogens is 3. The lowest BCUT2D eigenvalue weighted by Gasteiger charge is -2.31. The van der Waals surface area contributed by atoms with Gasteiger partial charge in [0.1, 0.15) is 5.75 Å². The van der Waals surface area contributed by atoms with Crippen LogP contribution in [0.2, 0.25) is 0 Å². The maximum Gasteiger partial charge on any atom is 0.225 e. The summed E-state index contributed by atoms with van der Waals surface area (Å²) in [6.45, 7) is 4.30. The lowest BCUT2D eigenvalue weighted by molar-refractivity contribution is -0.125. The van der Waals surface area contributed by atoms with Gasteiger partial charge in [0.2, 0.25) is 16.0 Å². The lowest BCUT2D eigenvalue weighted by atomic mass is 9.97. The highest BCUT2D eigenvalue weighted by molar-refractivity contribution is 7.20. The number of rotatable bonds is 7. The quantitative estimate of drug-likeness (QED) is 0.424. The van der Waals surface area contributed by atoms with E-state index in [2.05, 4.69) is 41.4 Å². The van der Waals surface area contributed by atoms with E-state index >= 15 is 0 Å². The van der Waals surface area contributed by atoms with E-state index in [1.807, 2.05) is 35.0 Å². The first-order valence-corrected chi connectivity index (χ1v) is 12.6. The number of nitrogens with one attached hydrogen (secondary N) is 1. The van der Waals surface area contributed by atoms with Crippen molar-refractivity contribution < 1.29 is 9.53 Å². The normalized spacial score (nSPS) is 16.1. The molecule has 1 N–H and O–H groups in total. The van der Waals surface area contributed by atoms with Crippen LogP contribution in [0.5, 0.6) is 5.75 Å². The first kappa shape index (κ1) is 22.4. The molecule has 2 aromatic carbocycles. The van der Waals surface area contributed by atoms with E-state index in [-0.39, 0.29) is 11.8 Å². The average Bonchev–Trinajstić information content (AvgIpc) is 3.47. The number of aryl methyl sites for hydroxylation is 1. The van der Waals surface area contributed by atoms with E-state index in [0.717, 1.165) is 58.5 Å². The first-order valence-electron chi connectivity index (χ1n) is 11.7. The number of nitrogens with zero attached hydrogens (tertiary/aromatic N) is 4. The first-order chi connectivity index (χ1) is 16.6. The van der Waals surface area contributed by atoms with Gasteiger partial charge in [-0.1, -0.05) is 42.5 Å². The van der Waals surface area contributed by atoms with Crippen molar-refractivity contribution >= 4 is 27.3 Å². The molecule has 5 rings (SSSR count). The number of amides is 1. The fourth-order valence-electron chi connectivity index (χ4n) is 4.31. The van der Waals surface area contributed by atoms with Gasteiger partial charge in [-0.25, -0.2) is 9.50 Å². The van der Waals surface area contributed by atoms with Crippen molar-refractivity contribution in [3.8, 4) is 17.0 Å². The summed E-state index contributed by atoms with van der Waals surface area (Å²) >= 11 is 1.56. The minimum Gasteiger partial charge on any atom is -0.497 e. The summed E-state index contributed by atoms with van der Waals surface area (Å²) < 4.78 is 7.07.